The molecule has 0 unspecified atom stereocenters. The van der Waals surface area contributed by atoms with Crippen molar-refractivity contribution >= 4 is 40.5 Å². The molecule has 1 aliphatic heterocycles. The summed E-state index contributed by atoms with van der Waals surface area (Å²) in [6.45, 7) is 0.585. The largest absolute Gasteiger partial charge is 0.493 e. The lowest BCUT2D eigenvalue weighted by atomic mass is 10.1. The standard InChI is InChI=1S/C24H18INO3/c25-20-11-9-19(10-12-20)23-26-22(24(27)29-23)16-18-7-4-8-21(15-18)28-14-13-17-5-2-1-3-6-17/h1-12,15-16H,13-14H2/b22-16-. The fourth-order valence-corrected chi connectivity index (χ4v) is 3.27. The molecule has 0 N–H and O–H groups in total. The number of hydrogen-bond donors (Lipinski definition) is 0. The summed E-state index contributed by atoms with van der Waals surface area (Å²) < 4.78 is 12.3. The molecule has 0 saturated carbocycles. The molecule has 0 saturated heterocycles. The maximum atomic E-state index is 12.2. The number of rotatable bonds is 6. The van der Waals surface area contributed by atoms with E-state index in [9.17, 15) is 4.79 Å². The van der Waals surface area contributed by atoms with Gasteiger partial charge < -0.3 is 9.47 Å². The van der Waals surface area contributed by atoms with Gasteiger partial charge in [0.2, 0.25) is 5.90 Å². The zero-order valence-electron chi connectivity index (χ0n) is 15.5. The van der Waals surface area contributed by atoms with Crippen LogP contribution in [-0.2, 0) is 16.0 Å². The van der Waals surface area contributed by atoms with Gasteiger partial charge in [-0.15, -0.1) is 0 Å². The second kappa shape index (κ2) is 9.05. The Hall–Kier alpha value is -2.93. The summed E-state index contributed by atoms with van der Waals surface area (Å²) in [6.07, 6.45) is 2.55. The van der Waals surface area contributed by atoms with E-state index in [4.69, 9.17) is 9.47 Å². The van der Waals surface area contributed by atoms with Crippen LogP contribution in [0.25, 0.3) is 6.08 Å². The highest BCUT2D eigenvalue weighted by atomic mass is 127. The van der Waals surface area contributed by atoms with Crippen molar-refractivity contribution in [1.29, 1.82) is 0 Å². The average Bonchev–Trinajstić information content (AvgIpc) is 3.10. The summed E-state index contributed by atoms with van der Waals surface area (Å²) in [5.74, 6) is 0.630. The van der Waals surface area contributed by atoms with Gasteiger partial charge >= 0.3 is 5.97 Å². The van der Waals surface area contributed by atoms with Crippen LogP contribution in [0.3, 0.4) is 0 Å². The summed E-state index contributed by atoms with van der Waals surface area (Å²) >= 11 is 2.23. The molecule has 4 nitrogen and oxygen atoms in total. The normalized spacial score (nSPS) is 14.6. The van der Waals surface area contributed by atoms with E-state index < -0.39 is 5.97 Å². The number of halogens is 1. The Labute approximate surface area is 183 Å². The van der Waals surface area contributed by atoms with Crippen LogP contribution >= 0.6 is 22.6 Å². The molecule has 0 aliphatic carbocycles. The van der Waals surface area contributed by atoms with Crippen LogP contribution in [0.2, 0.25) is 0 Å². The molecule has 0 atom stereocenters. The lowest BCUT2D eigenvalue weighted by Crippen LogP contribution is -2.05. The maximum absolute atomic E-state index is 12.2. The highest BCUT2D eigenvalue weighted by Gasteiger charge is 2.24. The van der Waals surface area contributed by atoms with Crippen molar-refractivity contribution in [3.8, 4) is 5.75 Å². The highest BCUT2D eigenvalue weighted by Crippen LogP contribution is 2.22. The summed E-state index contributed by atoms with van der Waals surface area (Å²) in [6, 6.07) is 25.5. The van der Waals surface area contributed by atoms with Crippen molar-refractivity contribution in [3.63, 3.8) is 0 Å². The topological polar surface area (TPSA) is 47.9 Å². The van der Waals surface area contributed by atoms with Gasteiger partial charge in [0.1, 0.15) is 5.75 Å². The Morgan fingerprint density at radius 2 is 1.76 bits per heavy atom. The predicted molar refractivity (Wildman–Crippen MR) is 122 cm³/mol. The van der Waals surface area contributed by atoms with E-state index in [-0.39, 0.29) is 5.70 Å². The van der Waals surface area contributed by atoms with Gasteiger partial charge in [0.05, 0.1) is 6.61 Å². The molecular weight excluding hydrogens is 477 g/mol. The number of carbonyl (C=O) groups is 1. The van der Waals surface area contributed by atoms with Gasteiger partial charge in [-0.2, -0.15) is 0 Å². The first-order valence-electron chi connectivity index (χ1n) is 9.23. The number of esters is 1. The molecule has 29 heavy (non-hydrogen) atoms. The second-order valence-electron chi connectivity index (χ2n) is 6.50. The van der Waals surface area contributed by atoms with Crippen LogP contribution in [0.4, 0.5) is 0 Å². The zero-order valence-corrected chi connectivity index (χ0v) is 17.7. The van der Waals surface area contributed by atoms with Crippen LogP contribution in [0.1, 0.15) is 16.7 Å². The summed E-state index contributed by atoms with van der Waals surface area (Å²) in [5, 5.41) is 0. The minimum atomic E-state index is -0.450. The van der Waals surface area contributed by atoms with Gasteiger partial charge in [0.15, 0.2) is 5.70 Å². The Bertz CT molecular complexity index is 1070. The number of hydrogen-bond acceptors (Lipinski definition) is 4. The minimum absolute atomic E-state index is 0.278. The third-order valence-electron chi connectivity index (χ3n) is 4.38. The first-order chi connectivity index (χ1) is 14.2. The van der Waals surface area contributed by atoms with E-state index in [0.29, 0.717) is 12.5 Å². The van der Waals surface area contributed by atoms with Crippen molar-refractivity contribution in [2.45, 2.75) is 6.42 Å². The van der Waals surface area contributed by atoms with Gasteiger partial charge in [0.25, 0.3) is 0 Å². The lowest BCUT2D eigenvalue weighted by molar-refractivity contribution is -0.129. The third-order valence-corrected chi connectivity index (χ3v) is 5.09. The van der Waals surface area contributed by atoms with E-state index in [1.54, 1.807) is 6.08 Å². The van der Waals surface area contributed by atoms with Crippen molar-refractivity contribution in [1.82, 2.24) is 0 Å². The van der Waals surface area contributed by atoms with Crippen LogP contribution in [0.5, 0.6) is 5.75 Å². The summed E-state index contributed by atoms with van der Waals surface area (Å²) in [7, 11) is 0. The second-order valence-corrected chi connectivity index (χ2v) is 7.75. The third kappa shape index (κ3) is 5.12. The fraction of sp³-hybridized carbons (Fsp3) is 0.0833. The zero-order chi connectivity index (χ0) is 20.1. The molecule has 0 fully saturated rings. The Balaban J connectivity index is 1.45. The Morgan fingerprint density at radius 1 is 0.966 bits per heavy atom. The highest BCUT2D eigenvalue weighted by molar-refractivity contribution is 14.1. The van der Waals surface area contributed by atoms with Crippen LogP contribution in [0.15, 0.2) is 89.6 Å². The molecule has 1 aliphatic rings. The van der Waals surface area contributed by atoms with Gasteiger partial charge in [0, 0.05) is 15.6 Å². The van der Waals surface area contributed by atoms with Gasteiger partial charge in [-0.1, -0.05) is 42.5 Å². The molecule has 5 heteroatoms. The molecule has 144 valence electrons. The van der Waals surface area contributed by atoms with Gasteiger partial charge in [-0.25, -0.2) is 9.79 Å². The molecule has 0 aromatic heterocycles. The van der Waals surface area contributed by atoms with E-state index in [1.165, 1.54) is 5.56 Å². The SMILES string of the molecule is O=C1OC(c2ccc(I)cc2)=N/C1=C\c1cccc(OCCc2ccccc2)c1. The van der Waals surface area contributed by atoms with Crippen molar-refractivity contribution in [3.05, 3.63) is 105 Å². The predicted octanol–water partition coefficient (Wildman–Crippen LogP) is 5.26. The van der Waals surface area contributed by atoms with Crippen molar-refractivity contribution in [2.24, 2.45) is 4.99 Å². The monoisotopic (exact) mass is 495 g/mol. The molecule has 3 aromatic rings. The average molecular weight is 495 g/mol. The van der Waals surface area contributed by atoms with E-state index in [1.807, 2.05) is 66.7 Å². The van der Waals surface area contributed by atoms with Crippen molar-refractivity contribution < 1.29 is 14.3 Å². The van der Waals surface area contributed by atoms with Crippen LogP contribution in [-0.4, -0.2) is 18.5 Å². The van der Waals surface area contributed by atoms with Crippen LogP contribution < -0.4 is 4.74 Å². The molecule has 3 aromatic carbocycles. The molecule has 0 amide bonds. The lowest BCUT2D eigenvalue weighted by Gasteiger charge is -2.07. The summed E-state index contributed by atoms with van der Waals surface area (Å²) in [4.78, 5) is 16.6. The molecule has 0 radical (unpaired) electrons. The van der Waals surface area contributed by atoms with Gasteiger partial charge in [-0.05, 0) is 76.2 Å². The first-order valence-corrected chi connectivity index (χ1v) is 10.3. The quantitative estimate of drug-likeness (QED) is 0.267. The maximum Gasteiger partial charge on any atom is 0.363 e. The number of benzene rings is 3. The Kier molecular flexibility index (Phi) is 6.05. The molecular formula is C24H18INO3. The van der Waals surface area contributed by atoms with E-state index >= 15 is 0 Å². The van der Waals surface area contributed by atoms with E-state index in [2.05, 4.69) is 39.7 Å². The number of aliphatic imine (C=N–C) groups is 1. The molecule has 0 bridgehead atoms. The number of ether oxygens (including phenoxy) is 2. The number of nitrogens with zero attached hydrogens (tertiary/aromatic N) is 1. The number of cyclic esters (lactones) is 1. The van der Waals surface area contributed by atoms with Crippen molar-refractivity contribution in [2.75, 3.05) is 6.61 Å². The van der Waals surface area contributed by atoms with Crippen LogP contribution in [0, 0.1) is 3.57 Å². The minimum Gasteiger partial charge on any atom is -0.493 e. The fourth-order valence-electron chi connectivity index (χ4n) is 2.91. The summed E-state index contributed by atoms with van der Waals surface area (Å²) in [5.41, 5.74) is 3.12. The molecule has 1 heterocycles. The smallest absolute Gasteiger partial charge is 0.363 e. The molecule has 0 spiro atoms. The first kappa shape index (κ1) is 19.4. The molecule has 4 rings (SSSR count). The number of carbonyl (C=O) groups excluding carboxylic acids is 1. The van der Waals surface area contributed by atoms with E-state index in [0.717, 1.165) is 26.9 Å². The Morgan fingerprint density at radius 3 is 2.55 bits per heavy atom. The van der Waals surface area contributed by atoms with Gasteiger partial charge in [-0.3, -0.25) is 0 Å².